The lowest BCUT2D eigenvalue weighted by atomic mass is 10.2. The number of aryl methyl sites for hydroxylation is 1. The summed E-state index contributed by atoms with van der Waals surface area (Å²) in [6.45, 7) is 5.68. The van der Waals surface area contributed by atoms with Crippen molar-refractivity contribution in [3.63, 3.8) is 0 Å². The molecule has 0 aliphatic heterocycles. The summed E-state index contributed by atoms with van der Waals surface area (Å²) in [6, 6.07) is 7.39. The molecule has 0 spiro atoms. The van der Waals surface area contributed by atoms with E-state index in [-0.39, 0.29) is 0 Å². The van der Waals surface area contributed by atoms with Gasteiger partial charge < -0.3 is 4.74 Å². The van der Waals surface area contributed by atoms with Crippen LogP contribution in [-0.4, -0.2) is 16.8 Å². The van der Waals surface area contributed by atoms with Crippen LogP contribution >= 0.6 is 0 Å². The van der Waals surface area contributed by atoms with Crippen molar-refractivity contribution >= 4 is 16.8 Å². The summed E-state index contributed by atoms with van der Waals surface area (Å²) in [5, 5.41) is 0. The van der Waals surface area contributed by atoms with E-state index in [0.717, 1.165) is 5.56 Å². The fraction of sp³-hybridized carbons (Fsp3) is 0.308. The summed E-state index contributed by atoms with van der Waals surface area (Å²) >= 11 is 0. The number of carbonyl (C=O) groups excluding carboxylic acids is 1. The van der Waals surface area contributed by atoms with Crippen LogP contribution in [-0.2, 0) is 20.3 Å². The zero-order valence-electron chi connectivity index (χ0n) is 10.2. The molecule has 0 heterocycles. The van der Waals surface area contributed by atoms with Crippen LogP contribution in [0, 0.1) is 6.92 Å². The number of esters is 1. The first-order chi connectivity index (χ1) is 8.04. The van der Waals surface area contributed by atoms with Crippen LogP contribution in [0.3, 0.4) is 0 Å². The molecule has 0 bridgehead atoms. The molecular formula is C13H16O3S. The molecule has 0 saturated carbocycles. The van der Waals surface area contributed by atoms with Gasteiger partial charge >= 0.3 is 5.97 Å². The van der Waals surface area contributed by atoms with Gasteiger partial charge in [-0.2, -0.15) is 0 Å². The topological polar surface area (TPSA) is 43.4 Å². The van der Waals surface area contributed by atoms with Gasteiger partial charge in [-0.05, 0) is 32.9 Å². The van der Waals surface area contributed by atoms with E-state index < -0.39 is 16.8 Å². The Labute approximate surface area is 104 Å². The third-order valence-corrected chi connectivity index (χ3v) is 3.54. The molecule has 3 nitrogen and oxygen atoms in total. The molecule has 1 aromatic carbocycles. The van der Waals surface area contributed by atoms with E-state index in [2.05, 4.69) is 0 Å². The second kappa shape index (κ2) is 6.35. The van der Waals surface area contributed by atoms with Gasteiger partial charge in [-0.25, -0.2) is 9.00 Å². The maximum atomic E-state index is 12.0. The maximum absolute atomic E-state index is 12.0. The molecule has 17 heavy (non-hydrogen) atoms. The molecule has 0 aliphatic rings. The van der Waals surface area contributed by atoms with Gasteiger partial charge in [0.2, 0.25) is 0 Å². The summed E-state index contributed by atoms with van der Waals surface area (Å²) in [4.78, 5) is 12.4. The predicted octanol–water partition coefficient (Wildman–Crippen LogP) is 2.57. The van der Waals surface area contributed by atoms with Crippen molar-refractivity contribution < 1.29 is 13.7 Å². The average Bonchev–Trinajstić information content (AvgIpc) is 2.29. The predicted molar refractivity (Wildman–Crippen MR) is 68.0 cm³/mol. The maximum Gasteiger partial charge on any atom is 0.331 e. The van der Waals surface area contributed by atoms with Crippen LogP contribution in [0.1, 0.15) is 19.4 Å². The lowest BCUT2D eigenvalue weighted by Crippen LogP contribution is -2.02. The lowest BCUT2D eigenvalue weighted by molar-refractivity contribution is -0.137. The molecule has 1 unspecified atom stereocenters. The number of rotatable bonds is 4. The first kappa shape index (κ1) is 13.6. The monoisotopic (exact) mass is 252 g/mol. The number of hydrogen-bond acceptors (Lipinski definition) is 3. The Balaban J connectivity index is 2.83. The first-order valence-corrected chi connectivity index (χ1v) is 6.53. The highest BCUT2D eigenvalue weighted by Crippen LogP contribution is 2.14. The Morgan fingerprint density at radius 1 is 1.35 bits per heavy atom. The van der Waals surface area contributed by atoms with Crippen LogP contribution in [0.4, 0.5) is 0 Å². The van der Waals surface area contributed by atoms with E-state index in [4.69, 9.17) is 4.74 Å². The van der Waals surface area contributed by atoms with Gasteiger partial charge in [0.1, 0.15) is 0 Å². The van der Waals surface area contributed by atoms with Crippen molar-refractivity contribution in [1.82, 2.24) is 0 Å². The first-order valence-electron chi connectivity index (χ1n) is 5.38. The summed E-state index contributed by atoms with van der Waals surface area (Å²) in [5.74, 6) is -0.453. The number of carbonyl (C=O) groups is 1. The van der Waals surface area contributed by atoms with Crippen molar-refractivity contribution in [1.29, 1.82) is 0 Å². The highest BCUT2D eigenvalue weighted by molar-refractivity contribution is 7.89. The third kappa shape index (κ3) is 4.15. The van der Waals surface area contributed by atoms with E-state index in [9.17, 15) is 9.00 Å². The minimum Gasteiger partial charge on any atom is -0.463 e. The Hall–Kier alpha value is -1.42. The van der Waals surface area contributed by atoms with Gasteiger partial charge in [0.15, 0.2) is 0 Å². The zero-order chi connectivity index (χ0) is 12.8. The molecule has 0 radical (unpaired) electrons. The van der Waals surface area contributed by atoms with Crippen molar-refractivity contribution in [2.24, 2.45) is 0 Å². The largest absolute Gasteiger partial charge is 0.463 e. The van der Waals surface area contributed by atoms with Gasteiger partial charge in [-0.3, -0.25) is 0 Å². The van der Waals surface area contributed by atoms with E-state index in [1.165, 1.54) is 6.08 Å². The van der Waals surface area contributed by atoms with Crippen molar-refractivity contribution in [3.05, 3.63) is 40.8 Å². The highest BCUT2D eigenvalue weighted by Gasteiger charge is 2.08. The molecule has 0 fully saturated rings. The zero-order valence-corrected chi connectivity index (χ0v) is 11.0. The van der Waals surface area contributed by atoms with E-state index >= 15 is 0 Å². The molecule has 1 atom stereocenters. The third-order valence-electron chi connectivity index (χ3n) is 2.14. The van der Waals surface area contributed by atoms with Crippen molar-refractivity contribution in [2.75, 3.05) is 6.61 Å². The highest BCUT2D eigenvalue weighted by atomic mass is 32.2. The number of allylic oxidation sites excluding steroid dienone is 1. The fourth-order valence-electron chi connectivity index (χ4n) is 1.25. The van der Waals surface area contributed by atoms with Crippen molar-refractivity contribution in [2.45, 2.75) is 25.7 Å². The Kier molecular flexibility index (Phi) is 5.10. The van der Waals surface area contributed by atoms with Crippen LogP contribution in [0.15, 0.2) is 40.1 Å². The van der Waals surface area contributed by atoms with Crippen LogP contribution in [0.2, 0.25) is 0 Å². The molecule has 0 saturated heterocycles. The Bertz CT molecular complexity index is 446. The Morgan fingerprint density at radius 3 is 2.47 bits per heavy atom. The lowest BCUT2D eigenvalue weighted by Gasteiger charge is -2.03. The smallest absolute Gasteiger partial charge is 0.331 e. The number of ether oxygens (including phenoxy) is 1. The fourth-order valence-corrected chi connectivity index (χ4v) is 2.21. The molecule has 92 valence electrons. The number of benzene rings is 1. The van der Waals surface area contributed by atoms with E-state index in [0.29, 0.717) is 16.4 Å². The quantitative estimate of drug-likeness (QED) is 0.611. The van der Waals surface area contributed by atoms with Gasteiger partial charge in [0.25, 0.3) is 0 Å². The van der Waals surface area contributed by atoms with Gasteiger partial charge in [-0.15, -0.1) is 0 Å². The van der Waals surface area contributed by atoms with Gasteiger partial charge in [-0.1, -0.05) is 17.7 Å². The molecule has 0 N–H and O–H groups in total. The van der Waals surface area contributed by atoms with E-state index in [1.807, 2.05) is 19.1 Å². The summed E-state index contributed by atoms with van der Waals surface area (Å²) in [7, 11) is -1.30. The molecular weight excluding hydrogens is 236 g/mol. The standard InChI is InChI=1S/C13H16O3S/c1-4-16-13(14)9-11(3)17(15)12-7-5-10(2)6-8-12/h5-9H,4H2,1-3H3/b11-9+. The second-order valence-corrected chi connectivity index (χ2v) is 5.24. The normalized spacial score (nSPS) is 13.2. The van der Waals surface area contributed by atoms with Crippen LogP contribution in [0.5, 0.6) is 0 Å². The Morgan fingerprint density at radius 2 is 1.94 bits per heavy atom. The SMILES string of the molecule is CCOC(=O)/C=C(\C)S(=O)c1ccc(C)cc1. The van der Waals surface area contributed by atoms with E-state index in [1.54, 1.807) is 26.0 Å². The molecule has 4 heteroatoms. The van der Waals surface area contributed by atoms with Gasteiger partial charge in [0.05, 0.1) is 17.4 Å². The van der Waals surface area contributed by atoms with Crippen LogP contribution < -0.4 is 0 Å². The van der Waals surface area contributed by atoms with Crippen molar-refractivity contribution in [3.8, 4) is 0 Å². The molecule has 1 rings (SSSR count). The number of hydrogen-bond donors (Lipinski definition) is 0. The minimum atomic E-state index is -1.30. The summed E-state index contributed by atoms with van der Waals surface area (Å²) in [5.41, 5.74) is 1.11. The van der Waals surface area contributed by atoms with Crippen LogP contribution in [0.25, 0.3) is 0 Å². The van der Waals surface area contributed by atoms with Gasteiger partial charge in [0, 0.05) is 15.9 Å². The molecule has 0 aliphatic carbocycles. The molecule has 0 amide bonds. The second-order valence-electron chi connectivity index (χ2n) is 3.59. The summed E-state index contributed by atoms with van der Waals surface area (Å²) in [6.07, 6.45) is 1.28. The summed E-state index contributed by atoms with van der Waals surface area (Å²) < 4.78 is 16.8. The average molecular weight is 252 g/mol. The molecule has 0 aromatic heterocycles. The minimum absolute atomic E-state index is 0.319. The molecule has 1 aromatic rings.